The van der Waals surface area contributed by atoms with Gasteiger partial charge >= 0.3 is 0 Å². The van der Waals surface area contributed by atoms with Gasteiger partial charge in [0.05, 0.1) is 17.6 Å². The summed E-state index contributed by atoms with van der Waals surface area (Å²) in [5, 5.41) is 10.5. The van der Waals surface area contributed by atoms with E-state index in [2.05, 4.69) is 71.8 Å². The Labute approximate surface area is 228 Å². The highest BCUT2D eigenvalue weighted by Crippen LogP contribution is 2.26. The molecule has 1 aliphatic rings. The van der Waals surface area contributed by atoms with Crippen molar-refractivity contribution >= 4 is 29.0 Å². The first-order valence-corrected chi connectivity index (χ1v) is 13.1. The summed E-state index contributed by atoms with van der Waals surface area (Å²) < 4.78 is 1.64. The molecule has 4 N–H and O–H groups in total. The van der Waals surface area contributed by atoms with Crippen LogP contribution in [0, 0.1) is 0 Å². The maximum absolute atomic E-state index is 12.1. The molecular formula is C28H34N10O. The minimum absolute atomic E-state index is 0.0700. The molecule has 0 saturated carbocycles. The second-order valence-electron chi connectivity index (χ2n) is 9.80. The van der Waals surface area contributed by atoms with Crippen LogP contribution in [0.4, 0.5) is 23.1 Å². The fourth-order valence-electron chi connectivity index (χ4n) is 4.52. The number of benzene rings is 1. The molecule has 4 aromatic rings. The Bertz CT molecular complexity index is 1420. The fraction of sp³-hybridized carbons (Fsp3) is 0.321. The van der Waals surface area contributed by atoms with E-state index >= 15 is 0 Å². The number of aromatic nitrogens is 5. The van der Waals surface area contributed by atoms with Crippen LogP contribution in [0.2, 0.25) is 0 Å². The van der Waals surface area contributed by atoms with Gasteiger partial charge in [0.2, 0.25) is 0 Å². The van der Waals surface area contributed by atoms with Crippen molar-refractivity contribution in [3.63, 3.8) is 0 Å². The maximum Gasteiger partial charge on any atom is 0.271 e. The quantitative estimate of drug-likeness (QED) is 0.301. The number of anilines is 4. The zero-order chi connectivity index (χ0) is 27.4. The molecular weight excluding hydrogens is 492 g/mol. The van der Waals surface area contributed by atoms with Gasteiger partial charge in [0.15, 0.2) is 17.3 Å². The summed E-state index contributed by atoms with van der Waals surface area (Å²) in [6.07, 6.45) is 5.80. The Morgan fingerprint density at radius 2 is 1.67 bits per heavy atom. The van der Waals surface area contributed by atoms with Crippen molar-refractivity contribution in [2.24, 2.45) is 12.8 Å². The number of likely N-dealkylation sites (N-methyl/N-ethyl adjacent to an activating group) is 1. The van der Waals surface area contributed by atoms with Gasteiger partial charge in [-0.1, -0.05) is 31.2 Å². The zero-order valence-corrected chi connectivity index (χ0v) is 22.6. The lowest BCUT2D eigenvalue weighted by Gasteiger charge is -2.32. The number of rotatable bonds is 9. The van der Waals surface area contributed by atoms with Gasteiger partial charge in [0.1, 0.15) is 5.82 Å². The summed E-state index contributed by atoms with van der Waals surface area (Å²) in [7, 11) is 3.98. The topological polar surface area (TPSA) is 130 Å². The molecule has 1 fully saturated rings. The Hall–Kier alpha value is -4.35. The van der Waals surface area contributed by atoms with Crippen LogP contribution in [0.15, 0.2) is 55.0 Å². The lowest BCUT2D eigenvalue weighted by Crippen LogP contribution is -2.43. The summed E-state index contributed by atoms with van der Waals surface area (Å²) in [4.78, 5) is 30.7. The van der Waals surface area contributed by atoms with Gasteiger partial charge in [-0.15, -0.1) is 0 Å². The van der Waals surface area contributed by atoms with Crippen molar-refractivity contribution in [1.82, 2.24) is 34.5 Å². The Morgan fingerprint density at radius 3 is 2.28 bits per heavy atom. The number of primary amides is 1. The van der Waals surface area contributed by atoms with E-state index in [1.165, 1.54) is 5.56 Å². The normalized spacial score (nSPS) is 14.3. The number of pyridine rings is 1. The molecule has 0 atom stereocenters. The van der Waals surface area contributed by atoms with Crippen molar-refractivity contribution in [3.8, 4) is 11.1 Å². The molecule has 0 unspecified atom stereocenters. The molecule has 0 spiro atoms. The van der Waals surface area contributed by atoms with E-state index in [9.17, 15) is 4.79 Å². The van der Waals surface area contributed by atoms with E-state index in [1.54, 1.807) is 24.1 Å². The third-order valence-electron chi connectivity index (χ3n) is 6.80. The first-order chi connectivity index (χ1) is 18.9. The molecule has 1 aliphatic heterocycles. The number of hydrogen-bond acceptors (Lipinski definition) is 9. The molecule has 5 rings (SSSR count). The average Bonchev–Trinajstić information content (AvgIpc) is 3.35. The van der Waals surface area contributed by atoms with E-state index in [-0.39, 0.29) is 11.5 Å². The summed E-state index contributed by atoms with van der Waals surface area (Å²) in [6, 6.07) is 12.6. The lowest BCUT2D eigenvalue weighted by molar-refractivity contribution is 0.0996. The highest BCUT2D eigenvalue weighted by molar-refractivity contribution is 5.96. The molecule has 3 aromatic heterocycles. The van der Waals surface area contributed by atoms with Crippen molar-refractivity contribution in [2.45, 2.75) is 19.9 Å². The highest BCUT2D eigenvalue weighted by atomic mass is 16.1. The minimum Gasteiger partial charge on any atom is -0.364 e. The summed E-state index contributed by atoms with van der Waals surface area (Å²) in [5.41, 5.74) is 10.4. The van der Waals surface area contributed by atoms with Gasteiger partial charge in [-0.25, -0.2) is 15.0 Å². The van der Waals surface area contributed by atoms with Crippen LogP contribution in [0.5, 0.6) is 0 Å². The molecule has 0 radical (unpaired) electrons. The van der Waals surface area contributed by atoms with Crippen molar-refractivity contribution in [2.75, 3.05) is 43.9 Å². The van der Waals surface area contributed by atoms with Gasteiger partial charge in [0.25, 0.3) is 5.91 Å². The highest BCUT2D eigenvalue weighted by Gasteiger charge is 2.18. The third-order valence-corrected chi connectivity index (χ3v) is 6.80. The Kier molecular flexibility index (Phi) is 7.80. The van der Waals surface area contributed by atoms with Crippen molar-refractivity contribution in [1.29, 1.82) is 0 Å². The predicted molar refractivity (Wildman–Crippen MR) is 152 cm³/mol. The van der Waals surface area contributed by atoms with Gasteiger partial charge in [-0.05, 0) is 36.7 Å². The molecule has 11 nitrogen and oxygen atoms in total. The van der Waals surface area contributed by atoms with E-state index in [1.807, 2.05) is 25.3 Å². The van der Waals surface area contributed by atoms with Crippen LogP contribution < -0.4 is 16.4 Å². The van der Waals surface area contributed by atoms with Crippen LogP contribution in [0.25, 0.3) is 11.1 Å². The number of nitrogens with one attached hydrogen (secondary N) is 2. The molecule has 39 heavy (non-hydrogen) atoms. The predicted octanol–water partition coefficient (Wildman–Crippen LogP) is 3.17. The van der Waals surface area contributed by atoms with Crippen LogP contribution in [0.3, 0.4) is 0 Å². The van der Waals surface area contributed by atoms with Gasteiger partial charge in [-0.2, -0.15) is 5.10 Å². The number of nitrogens with zero attached hydrogens (tertiary/aromatic N) is 7. The molecule has 0 aliphatic carbocycles. The first kappa shape index (κ1) is 26.3. The molecule has 1 aromatic carbocycles. The zero-order valence-electron chi connectivity index (χ0n) is 22.6. The number of carbonyl (C=O) groups is 1. The fourth-order valence-corrected chi connectivity index (χ4v) is 4.52. The monoisotopic (exact) mass is 526 g/mol. The van der Waals surface area contributed by atoms with Crippen LogP contribution >= 0.6 is 0 Å². The number of hydrogen-bond donors (Lipinski definition) is 3. The van der Waals surface area contributed by atoms with Crippen molar-refractivity contribution < 1.29 is 4.79 Å². The lowest BCUT2D eigenvalue weighted by atomic mass is 10.1. The van der Waals surface area contributed by atoms with E-state index in [0.29, 0.717) is 29.4 Å². The number of carbonyl (C=O) groups excluding carboxylic acids is 1. The molecule has 11 heteroatoms. The van der Waals surface area contributed by atoms with Crippen LogP contribution in [-0.4, -0.2) is 73.7 Å². The number of piperazine rings is 1. The van der Waals surface area contributed by atoms with Gasteiger partial charge < -0.3 is 21.3 Å². The Balaban J connectivity index is 1.30. The minimum atomic E-state index is -0.660. The standard InChI is InChI=1S/C28H34N10O/c1-4-23-27(35-28(25(33-23)26(29)39)32-22-16-31-37(3)18-22)34-24-10-9-21(15-30-24)20-7-5-19(6-8-20)17-38-13-11-36(2)12-14-38/h5-10,15-16,18H,4,11-14,17H2,1-3H3,(H2,29,39)(H2,30,32,34,35). The molecule has 1 amide bonds. The van der Waals surface area contributed by atoms with E-state index in [0.717, 1.165) is 43.9 Å². The van der Waals surface area contributed by atoms with Gasteiger partial charge in [0, 0.05) is 57.7 Å². The van der Waals surface area contributed by atoms with Gasteiger partial charge in [-0.3, -0.25) is 14.4 Å². The molecule has 1 saturated heterocycles. The van der Waals surface area contributed by atoms with E-state index < -0.39 is 5.91 Å². The maximum atomic E-state index is 12.1. The second kappa shape index (κ2) is 11.6. The van der Waals surface area contributed by atoms with E-state index in [4.69, 9.17) is 5.73 Å². The molecule has 0 bridgehead atoms. The molecule has 4 heterocycles. The average molecular weight is 527 g/mol. The van der Waals surface area contributed by atoms with Crippen molar-refractivity contribution in [3.05, 3.63) is 71.9 Å². The summed E-state index contributed by atoms with van der Waals surface area (Å²) in [5.74, 6) is 0.714. The first-order valence-electron chi connectivity index (χ1n) is 13.1. The number of nitrogens with two attached hydrogens (primary N) is 1. The third kappa shape index (κ3) is 6.39. The Morgan fingerprint density at radius 1 is 0.923 bits per heavy atom. The smallest absolute Gasteiger partial charge is 0.271 e. The summed E-state index contributed by atoms with van der Waals surface area (Å²) in [6.45, 7) is 7.36. The van der Waals surface area contributed by atoms with Crippen LogP contribution in [-0.2, 0) is 20.0 Å². The second-order valence-corrected chi connectivity index (χ2v) is 9.80. The van der Waals surface area contributed by atoms with Crippen LogP contribution in [0.1, 0.15) is 28.7 Å². The number of aryl methyl sites for hydroxylation is 2. The molecule has 202 valence electrons. The summed E-state index contributed by atoms with van der Waals surface area (Å²) >= 11 is 0. The number of amides is 1. The largest absolute Gasteiger partial charge is 0.364 e. The SMILES string of the molecule is CCc1nc(C(N)=O)c(Nc2cnn(C)c2)nc1Nc1ccc(-c2ccc(CN3CCN(C)CC3)cc2)cn1.